The maximum atomic E-state index is 12.1. The van der Waals surface area contributed by atoms with Crippen molar-refractivity contribution in [3.63, 3.8) is 0 Å². The second kappa shape index (κ2) is 6.06. The second-order valence-corrected chi connectivity index (χ2v) is 5.36. The summed E-state index contributed by atoms with van der Waals surface area (Å²) >= 11 is 0. The van der Waals surface area contributed by atoms with Gasteiger partial charge in [0.05, 0.1) is 6.54 Å². The van der Waals surface area contributed by atoms with Gasteiger partial charge in [0, 0.05) is 31.9 Å². The van der Waals surface area contributed by atoms with Gasteiger partial charge in [0.2, 0.25) is 5.91 Å². The van der Waals surface area contributed by atoms with E-state index in [9.17, 15) is 4.79 Å². The number of anilines is 1. The molecule has 1 aliphatic rings. The molecule has 104 valence electrons. The zero-order valence-corrected chi connectivity index (χ0v) is 12.1. The van der Waals surface area contributed by atoms with Gasteiger partial charge in [-0.3, -0.25) is 4.79 Å². The van der Waals surface area contributed by atoms with Crippen LogP contribution in [0, 0.1) is 13.8 Å². The number of amides is 1. The highest BCUT2D eigenvalue weighted by Gasteiger charge is 2.18. The minimum absolute atomic E-state index is 0.188. The summed E-state index contributed by atoms with van der Waals surface area (Å²) in [5.74, 6) is 0.188. The first kappa shape index (κ1) is 13.9. The van der Waals surface area contributed by atoms with Crippen LogP contribution in [-0.4, -0.2) is 55.5 Å². The number of carbonyl (C=O) groups excluding carboxylic acids is 1. The van der Waals surface area contributed by atoms with Gasteiger partial charge in [-0.25, -0.2) is 0 Å². The Morgan fingerprint density at radius 3 is 2.53 bits per heavy atom. The van der Waals surface area contributed by atoms with Gasteiger partial charge < -0.3 is 15.1 Å². The normalized spacial score (nSPS) is 16.5. The molecular formula is C15H23N3O. The molecule has 4 nitrogen and oxygen atoms in total. The second-order valence-electron chi connectivity index (χ2n) is 5.36. The molecule has 0 aromatic heterocycles. The van der Waals surface area contributed by atoms with Crippen LogP contribution in [0.2, 0.25) is 0 Å². The Morgan fingerprint density at radius 1 is 1.21 bits per heavy atom. The van der Waals surface area contributed by atoms with E-state index in [1.165, 1.54) is 11.1 Å². The molecule has 1 heterocycles. The maximum absolute atomic E-state index is 12.1. The summed E-state index contributed by atoms with van der Waals surface area (Å²) in [6.45, 7) is 8.13. The van der Waals surface area contributed by atoms with E-state index in [1.807, 2.05) is 11.0 Å². The van der Waals surface area contributed by atoms with Crippen molar-refractivity contribution in [1.82, 2.24) is 9.80 Å². The molecule has 1 aromatic carbocycles. The van der Waals surface area contributed by atoms with Crippen LogP contribution in [0.25, 0.3) is 0 Å². The molecule has 4 heteroatoms. The number of benzene rings is 1. The highest BCUT2D eigenvalue weighted by atomic mass is 16.2. The van der Waals surface area contributed by atoms with Crippen molar-refractivity contribution in [2.75, 3.05) is 45.1 Å². The Labute approximate surface area is 115 Å². The summed E-state index contributed by atoms with van der Waals surface area (Å²) in [4.78, 5) is 16.3. The van der Waals surface area contributed by atoms with Crippen molar-refractivity contribution in [3.05, 3.63) is 29.3 Å². The van der Waals surface area contributed by atoms with Crippen molar-refractivity contribution in [1.29, 1.82) is 0 Å². The third kappa shape index (κ3) is 3.70. The number of aryl methyl sites for hydroxylation is 2. The standard InChI is InChI=1S/C15H23N3O/c1-12-4-5-14(13(2)10-12)16-11-15(19)18-8-6-17(3)7-9-18/h4-5,10,16H,6-9,11H2,1-3H3. The number of nitrogens with one attached hydrogen (secondary N) is 1. The number of carbonyl (C=O) groups is 1. The predicted octanol–water partition coefficient (Wildman–Crippen LogP) is 1.49. The van der Waals surface area contributed by atoms with Crippen molar-refractivity contribution >= 4 is 11.6 Å². The van der Waals surface area contributed by atoms with E-state index < -0.39 is 0 Å². The average Bonchev–Trinajstić information content (AvgIpc) is 2.38. The molecule has 0 unspecified atom stereocenters. The van der Waals surface area contributed by atoms with Crippen molar-refractivity contribution in [2.24, 2.45) is 0 Å². The Balaban J connectivity index is 1.86. The van der Waals surface area contributed by atoms with Crippen LogP contribution in [0.15, 0.2) is 18.2 Å². The monoisotopic (exact) mass is 261 g/mol. The topological polar surface area (TPSA) is 35.6 Å². The third-order valence-electron chi connectivity index (χ3n) is 3.67. The molecular weight excluding hydrogens is 238 g/mol. The van der Waals surface area contributed by atoms with Crippen molar-refractivity contribution in [3.8, 4) is 0 Å². The van der Waals surface area contributed by atoms with Gasteiger partial charge in [0.25, 0.3) is 0 Å². The first-order chi connectivity index (χ1) is 9.06. The molecule has 1 fully saturated rings. The molecule has 2 rings (SSSR count). The lowest BCUT2D eigenvalue weighted by atomic mass is 10.1. The maximum Gasteiger partial charge on any atom is 0.241 e. The number of rotatable bonds is 3. The highest BCUT2D eigenvalue weighted by Crippen LogP contribution is 2.15. The fourth-order valence-electron chi connectivity index (χ4n) is 2.35. The molecule has 1 N–H and O–H groups in total. The minimum atomic E-state index is 0.188. The molecule has 0 bridgehead atoms. The zero-order chi connectivity index (χ0) is 13.8. The Bertz CT molecular complexity index is 451. The van der Waals surface area contributed by atoms with Gasteiger partial charge >= 0.3 is 0 Å². The predicted molar refractivity (Wildman–Crippen MR) is 78.5 cm³/mol. The summed E-state index contributed by atoms with van der Waals surface area (Å²) in [7, 11) is 2.09. The number of piperazine rings is 1. The number of nitrogens with zero attached hydrogens (tertiary/aromatic N) is 2. The molecule has 1 aliphatic heterocycles. The average molecular weight is 261 g/mol. The summed E-state index contributed by atoms with van der Waals surface area (Å²) < 4.78 is 0. The first-order valence-electron chi connectivity index (χ1n) is 6.83. The Kier molecular flexibility index (Phi) is 4.43. The van der Waals surface area contributed by atoms with E-state index in [4.69, 9.17) is 0 Å². The third-order valence-corrected chi connectivity index (χ3v) is 3.67. The zero-order valence-electron chi connectivity index (χ0n) is 12.1. The molecule has 19 heavy (non-hydrogen) atoms. The van der Waals surface area contributed by atoms with Crippen LogP contribution >= 0.6 is 0 Å². The number of hydrogen-bond donors (Lipinski definition) is 1. The van der Waals surface area contributed by atoms with Crippen LogP contribution in [0.5, 0.6) is 0 Å². The van der Waals surface area contributed by atoms with Crippen molar-refractivity contribution in [2.45, 2.75) is 13.8 Å². The van der Waals surface area contributed by atoms with Crippen LogP contribution in [-0.2, 0) is 4.79 Å². The molecule has 1 amide bonds. The molecule has 0 spiro atoms. The van der Waals surface area contributed by atoms with Crippen LogP contribution in [0.4, 0.5) is 5.69 Å². The van der Waals surface area contributed by atoms with Crippen molar-refractivity contribution < 1.29 is 4.79 Å². The first-order valence-corrected chi connectivity index (χ1v) is 6.83. The summed E-state index contributed by atoms with van der Waals surface area (Å²) in [6.07, 6.45) is 0. The van der Waals surface area contributed by atoms with Gasteiger partial charge in [-0.2, -0.15) is 0 Å². The summed E-state index contributed by atoms with van der Waals surface area (Å²) in [6, 6.07) is 6.24. The molecule has 0 saturated carbocycles. The Morgan fingerprint density at radius 2 is 1.89 bits per heavy atom. The van der Waals surface area contributed by atoms with Crippen LogP contribution < -0.4 is 5.32 Å². The smallest absolute Gasteiger partial charge is 0.241 e. The highest BCUT2D eigenvalue weighted by molar-refractivity contribution is 5.81. The van der Waals surface area contributed by atoms with Crippen LogP contribution in [0.1, 0.15) is 11.1 Å². The van der Waals surface area contributed by atoms with Gasteiger partial charge in [-0.1, -0.05) is 17.7 Å². The minimum Gasteiger partial charge on any atom is -0.376 e. The van der Waals surface area contributed by atoms with E-state index in [-0.39, 0.29) is 5.91 Å². The largest absolute Gasteiger partial charge is 0.376 e. The fraction of sp³-hybridized carbons (Fsp3) is 0.533. The molecule has 1 saturated heterocycles. The molecule has 0 aliphatic carbocycles. The summed E-state index contributed by atoms with van der Waals surface area (Å²) in [5.41, 5.74) is 3.48. The lowest BCUT2D eigenvalue weighted by Gasteiger charge is -2.32. The molecule has 1 aromatic rings. The van der Waals surface area contributed by atoms with Gasteiger partial charge in [-0.15, -0.1) is 0 Å². The van der Waals surface area contributed by atoms with E-state index >= 15 is 0 Å². The van der Waals surface area contributed by atoms with Gasteiger partial charge in [0.1, 0.15) is 0 Å². The quantitative estimate of drug-likeness (QED) is 0.895. The fourth-order valence-corrected chi connectivity index (χ4v) is 2.35. The van der Waals surface area contributed by atoms with Crippen LogP contribution in [0.3, 0.4) is 0 Å². The van der Waals surface area contributed by atoms with E-state index in [0.29, 0.717) is 6.54 Å². The van der Waals surface area contributed by atoms with E-state index in [0.717, 1.165) is 31.9 Å². The van der Waals surface area contributed by atoms with Gasteiger partial charge in [0.15, 0.2) is 0 Å². The number of likely N-dealkylation sites (N-methyl/N-ethyl adjacent to an activating group) is 1. The lowest BCUT2D eigenvalue weighted by Crippen LogP contribution is -2.48. The van der Waals surface area contributed by atoms with E-state index in [2.05, 4.69) is 43.2 Å². The Hall–Kier alpha value is -1.55. The lowest BCUT2D eigenvalue weighted by molar-refractivity contribution is -0.130. The molecule has 0 atom stereocenters. The number of hydrogen-bond acceptors (Lipinski definition) is 3. The molecule has 0 radical (unpaired) electrons. The SMILES string of the molecule is Cc1ccc(NCC(=O)N2CCN(C)CC2)c(C)c1. The summed E-state index contributed by atoms with van der Waals surface area (Å²) in [5, 5.41) is 3.24. The van der Waals surface area contributed by atoms with E-state index in [1.54, 1.807) is 0 Å². The van der Waals surface area contributed by atoms with Gasteiger partial charge in [-0.05, 0) is 32.5 Å².